The Bertz CT molecular complexity index is 5920. The number of thioether (sulfide) groups is 1. The van der Waals surface area contributed by atoms with Gasteiger partial charge in [0.15, 0.2) is 53.7 Å². The van der Waals surface area contributed by atoms with Crippen LogP contribution in [0.3, 0.4) is 0 Å². The van der Waals surface area contributed by atoms with E-state index in [9.17, 15) is 75.0 Å². The van der Waals surface area contributed by atoms with Crippen molar-refractivity contribution >= 4 is 134 Å². The van der Waals surface area contributed by atoms with Gasteiger partial charge in [-0.3, -0.25) is 52.8 Å². The number of carbonyl (C=O) groups is 11. The average Bonchev–Trinajstić information content (AvgIpc) is 0.767. The number of halogens is 3. The van der Waals surface area contributed by atoms with E-state index < -0.39 is 296 Å². The molecule has 10 amide bonds. The zero-order chi connectivity index (χ0) is 98.1. The molecular weight excluding hydrogens is 1890 g/mol. The number of hydrogen-bond donors (Lipinski definition) is 21. The number of ether oxygens (including phenoxy) is 6. The molecule has 0 aliphatic carbocycles. The van der Waals surface area contributed by atoms with Gasteiger partial charge < -0.3 is 154 Å². The summed E-state index contributed by atoms with van der Waals surface area (Å²) in [5.41, 5.74) is 13.1. The molecule has 3 fully saturated rings. The zero-order valence-corrected chi connectivity index (χ0v) is 76.5. The van der Waals surface area contributed by atoms with Gasteiger partial charge in [-0.15, -0.1) is 11.8 Å². The lowest BCUT2D eigenvalue weighted by molar-refractivity contribution is -0.689. The highest BCUT2D eigenvalue weighted by molar-refractivity contribution is 8.00. The summed E-state index contributed by atoms with van der Waals surface area (Å²) in [5.74, 6) is -19.2. The Morgan fingerprint density at radius 2 is 1.42 bits per heavy atom. The van der Waals surface area contributed by atoms with Crippen molar-refractivity contribution in [3.63, 3.8) is 0 Å². The average molecular weight is 1980 g/mol. The van der Waals surface area contributed by atoms with Gasteiger partial charge in [-0.05, 0) is 116 Å². The second kappa shape index (κ2) is 41.7. The second-order valence-corrected chi connectivity index (χ2v) is 37.2. The predicted molar refractivity (Wildman–Crippen MR) is 477 cm³/mol. The molecule has 20 atom stereocenters. The zero-order valence-electron chi connectivity index (χ0n) is 72.6. The molecule has 5 aromatic carbocycles. The Balaban J connectivity index is 0.849. The highest BCUT2D eigenvalue weighted by Crippen LogP contribution is 2.51. The minimum absolute atomic E-state index is 0.107. The number of carboxylic acids is 1. The number of oxime groups is 1. The van der Waals surface area contributed by atoms with Crippen molar-refractivity contribution in [1.82, 2.24) is 57.7 Å². The van der Waals surface area contributed by atoms with Gasteiger partial charge in [0.1, 0.15) is 124 Å². The van der Waals surface area contributed by atoms with Crippen LogP contribution in [0.5, 0.6) is 46.0 Å². The molecule has 0 spiro atoms. The first kappa shape index (κ1) is 99.6. The number of primary amides is 1. The lowest BCUT2D eigenvalue weighted by Gasteiger charge is -2.50. The molecule has 0 radical (unpaired) electrons. The number of carbonyl (C=O) groups excluding carboxylic acids is 11. The van der Waals surface area contributed by atoms with Gasteiger partial charge >= 0.3 is 0 Å². The molecule has 136 heavy (non-hydrogen) atoms. The largest absolute Gasteiger partial charge is 0.543 e. The number of aromatic nitrogens is 2. The molecule has 11 bridgehead atoms. The number of phenolic OH excluding ortho intramolecular Hbond substituents is 3. The summed E-state index contributed by atoms with van der Waals surface area (Å²) < 4.78 is 40.3. The summed E-state index contributed by atoms with van der Waals surface area (Å²) in [6, 6.07) is 2.92. The molecule has 24 N–H and O–H groups in total. The highest BCUT2D eigenvalue weighted by Gasteiger charge is 2.55. The molecule has 9 aliphatic rings. The first-order valence-corrected chi connectivity index (χ1v) is 45.4. The third-order valence-corrected chi connectivity index (χ3v) is 26.4. The maximum Gasteiger partial charge on any atom is 0.276 e. The van der Waals surface area contributed by atoms with E-state index in [2.05, 4.69) is 58.0 Å². The molecule has 1 unspecified atom stereocenters. The number of pyridine rings is 1. The molecule has 16 rings (SSSR count). The van der Waals surface area contributed by atoms with E-state index >= 15 is 28.8 Å². The van der Waals surface area contributed by atoms with E-state index in [4.69, 9.17) is 85.3 Å². The summed E-state index contributed by atoms with van der Waals surface area (Å²) in [4.78, 5) is 173. The minimum atomic E-state index is -2.41. The van der Waals surface area contributed by atoms with Crippen LogP contribution < -0.4 is 88.9 Å². The van der Waals surface area contributed by atoms with Crippen LogP contribution in [0.2, 0.25) is 14.4 Å². The summed E-state index contributed by atoms with van der Waals surface area (Å²) in [6.45, 7) is 4.79. The normalized spacial score (nSPS) is 27.1. The number of β-lactam (4-membered cyclic amide) rings is 1. The van der Waals surface area contributed by atoms with Crippen molar-refractivity contribution < 1.29 is 142 Å². The van der Waals surface area contributed by atoms with Crippen molar-refractivity contribution in [2.45, 2.75) is 181 Å². The van der Waals surface area contributed by atoms with Crippen molar-refractivity contribution in [2.24, 2.45) is 22.5 Å². The van der Waals surface area contributed by atoms with Gasteiger partial charge in [-0.2, -0.15) is 0 Å². The van der Waals surface area contributed by atoms with E-state index in [-0.39, 0.29) is 75.2 Å². The van der Waals surface area contributed by atoms with Gasteiger partial charge in [-0.25, -0.2) is 9.55 Å². The Labute approximate surface area is 795 Å². The number of hydrogen-bond acceptors (Lipinski definition) is 35. The van der Waals surface area contributed by atoms with Gasteiger partial charge in [0, 0.05) is 65.6 Å². The number of aliphatic carboxylic acids is 1. The lowest BCUT2D eigenvalue weighted by atomic mass is 9.86. The molecule has 11 heterocycles. The van der Waals surface area contributed by atoms with E-state index in [1.807, 2.05) is 0 Å². The van der Waals surface area contributed by atoms with Gasteiger partial charge in [-0.1, -0.05) is 89.4 Å². The van der Waals surface area contributed by atoms with Crippen LogP contribution in [0.4, 0.5) is 5.13 Å². The number of aliphatic hydroxyl groups excluding tert-OH is 6. The van der Waals surface area contributed by atoms with E-state index in [0.29, 0.717) is 5.57 Å². The number of nitrogens with two attached hydrogens (primary N) is 3. The number of amides is 10. The number of benzene rings is 5. The van der Waals surface area contributed by atoms with Crippen LogP contribution in [0.25, 0.3) is 11.1 Å². The molecule has 2 aromatic heterocycles. The predicted octanol–water partition coefficient (Wildman–Crippen LogP) is -0.968. The van der Waals surface area contributed by atoms with Gasteiger partial charge in [0.2, 0.25) is 59.3 Å². The number of nitrogens with zero attached hydrogens (tertiary/aromatic N) is 4. The summed E-state index contributed by atoms with van der Waals surface area (Å²) in [7, 11) is 1.46. The number of nitrogen functional groups attached to an aromatic ring is 1. The van der Waals surface area contributed by atoms with Crippen LogP contribution >= 0.6 is 57.9 Å². The molecular formula is C87H95Cl3N16O28S2. The number of fused-ring (bicyclic) bond motifs is 16. The van der Waals surface area contributed by atoms with E-state index in [1.165, 1.54) is 44.8 Å². The first-order valence-electron chi connectivity index (χ1n) is 42.4. The number of thiazole rings is 1. The molecule has 3 saturated heterocycles. The fourth-order valence-corrected chi connectivity index (χ4v) is 19.2. The van der Waals surface area contributed by atoms with Crippen molar-refractivity contribution in [2.75, 3.05) is 38.3 Å². The third-order valence-electron chi connectivity index (χ3n) is 23.4. The van der Waals surface area contributed by atoms with Crippen LogP contribution in [0, 0.1) is 5.92 Å². The third kappa shape index (κ3) is 21.4. The Morgan fingerprint density at radius 1 is 0.765 bits per heavy atom. The molecule has 0 saturated carbocycles. The quantitative estimate of drug-likeness (QED) is 0.0114. The maximum absolute atomic E-state index is 16.4. The number of aliphatic hydroxyl groups is 6. The number of aromatic hydroxyl groups is 3. The number of anilines is 1. The number of phenols is 3. The summed E-state index contributed by atoms with van der Waals surface area (Å²) in [5, 5.41) is 144. The minimum Gasteiger partial charge on any atom is -0.543 e. The first-order chi connectivity index (χ1) is 64.6. The van der Waals surface area contributed by atoms with Crippen LogP contribution in [-0.2, 0) is 78.3 Å². The van der Waals surface area contributed by atoms with Crippen LogP contribution in [-0.4, -0.2) is 249 Å². The molecule has 49 heteroatoms. The Kier molecular flexibility index (Phi) is 30.5. The Morgan fingerprint density at radius 3 is 2.04 bits per heavy atom. The lowest BCUT2D eigenvalue weighted by Crippen LogP contribution is -2.71. The standard InChI is InChI=1S/C87H95Cl3N16O28S2/c1-33(2)20-45(94-5)74(117)100-62-66(112)36-11-14-49(43(88)22-36)130-51-24-38-25-52(70(51)134-85-71(69(115)68(114)53(31-107)132-85)133-55-29-87(4,93)72(116)34(3)129-55)131-50-15-12-37(23-44(50)89)67(113)63-81(124)99-59(42-26-40(108)27-48(110)56(42)41-21-35(10-13-47(41)109)57(77(120)101-63)98-78(121)58(38)97-75(118)46(28-54(91)111)96-80(62)123)76(119)95-16-9-19-128-104-61(60-73(90)136-86(92)103-60)79(122)102-64-82(125)106-65(84(126)127)39(32-135-83(64)106)30-105-17-7-6-8-18-105/h6-8,10-15,17-18,21-27,33-34,45-46,53,55,57-59,62-64,66-69,71-72,83,85,94,107,112-116H,9,16,19-20,28-32,93H2,1-5H3,(H15-,91,92,95,96,97,98,99,100,101,102,103,104,108,109,110,111,117,118,119,120,121,122,123,124,126,127)/t34-,45+,46-,53+,55-,57+,58+,59?,62+,63-,64+,66+,67+,68+,69-,71+,72+,83+,85-,87-/m0/s1. The second-order valence-electron chi connectivity index (χ2n) is 33.6. The number of carboxylic acid groups (broad SMARTS) is 1. The Hall–Kier alpha value is -12.4. The van der Waals surface area contributed by atoms with Crippen molar-refractivity contribution in [3.8, 4) is 57.1 Å². The van der Waals surface area contributed by atoms with E-state index in [1.54, 1.807) is 49.0 Å². The summed E-state index contributed by atoms with van der Waals surface area (Å²) >= 11 is 22.8. The van der Waals surface area contributed by atoms with Crippen LogP contribution in [0.1, 0.15) is 117 Å². The monoisotopic (exact) mass is 1980 g/mol. The highest BCUT2D eigenvalue weighted by atomic mass is 35.5. The van der Waals surface area contributed by atoms with E-state index in [0.717, 1.165) is 83.0 Å². The maximum atomic E-state index is 16.4. The van der Waals surface area contributed by atoms with Crippen LogP contribution in [0.15, 0.2) is 126 Å². The molecule has 724 valence electrons. The number of likely N-dealkylation sites (N-methyl/N-ethyl adjacent to an activating group) is 1. The molecule has 9 aliphatic heterocycles. The molecule has 7 aromatic rings. The number of nitrogens with one attached hydrogen (secondary N) is 9. The van der Waals surface area contributed by atoms with Gasteiger partial charge in [0.25, 0.3) is 11.8 Å². The topological polar surface area (TPSA) is 676 Å². The van der Waals surface area contributed by atoms with Gasteiger partial charge in [0.05, 0.1) is 53.0 Å². The summed E-state index contributed by atoms with van der Waals surface area (Å²) in [6.07, 6.45) is -15.9. The van der Waals surface area contributed by atoms with Crippen molar-refractivity contribution in [1.29, 1.82) is 0 Å². The smallest absolute Gasteiger partial charge is 0.276 e. The SMILES string of the molecule is CN[C@H](CC(C)C)C(=O)N[C@H]1C(=O)N[C@@H](CC(N)=O)C(=O)N[C@H]2C(=O)N[C@H]3C(=O)N[C@H](C(=O)NC(C(=O)NCCCO/N=C(\C(=O)N[C@@H]4C(=O)N5C(C(=O)[O-])=C(C[n+]6ccccc6)CS[C@H]45)c4nc(N)sc4Cl)c4cc(O)cc(O)c4-c4cc3ccc4O)[C@H](O)c3ccc(c(Cl)c3)Oc3cc2cc(c3O[C@@H]2O[C@H](CO)[C@@H](O)[C@H](O)[C@H]2O[C@H]2C[C@](C)(N)[C@H](O)[C@H](C)O2)Oc2ccc(cc2Cl)[C@H]1O. The fourth-order valence-electron chi connectivity index (χ4n) is 16.5. The van der Waals surface area contributed by atoms with Crippen molar-refractivity contribution in [3.05, 3.63) is 169 Å². The molecule has 44 nitrogen and oxygen atoms in total. The number of rotatable bonds is 24. The fraction of sp³-hybridized carbons (Fsp3) is 0.402.